The molecule has 0 bridgehead atoms. The van der Waals surface area contributed by atoms with E-state index in [0.717, 1.165) is 27.8 Å². The molecule has 0 aliphatic heterocycles. The van der Waals surface area contributed by atoms with E-state index in [0.29, 0.717) is 12.3 Å². The van der Waals surface area contributed by atoms with Crippen LogP contribution in [0, 0.1) is 12.7 Å². The summed E-state index contributed by atoms with van der Waals surface area (Å²) in [5.41, 5.74) is 7.40. The third-order valence-corrected chi connectivity index (χ3v) is 3.29. The molecular formula is C15H15BrFNO. The zero-order valence-corrected chi connectivity index (χ0v) is 12.2. The zero-order valence-electron chi connectivity index (χ0n) is 10.6. The smallest absolute Gasteiger partial charge is 0.130 e. The minimum Gasteiger partial charge on any atom is -0.457 e. The quantitative estimate of drug-likeness (QED) is 0.915. The molecule has 0 heterocycles. The van der Waals surface area contributed by atoms with Crippen LogP contribution in [0.15, 0.2) is 40.9 Å². The van der Waals surface area contributed by atoms with Gasteiger partial charge in [0.15, 0.2) is 0 Å². The first-order chi connectivity index (χ1) is 9.10. The number of rotatable bonds is 4. The Morgan fingerprint density at radius 2 is 1.89 bits per heavy atom. The summed E-state index contributed by atoms with van der Waals surface area (Å²) < 4.78 is 19.9. The number of hydrogen-bond acceptors (Lipinski definition) is 2. The van der Waals surface area contributed by atoms with Gasteiger partial charge in [-0.1, -0.05) is 15.9 Å². The van der Waals surface area contributed by atoms with Crippen LogP contribution in [0.25, 0.3) is 0 Å². The Kier molecular flexibility index (Phi) is 4.56. The molecule has 0 aliphatic carbocycles. The topological polar surface area (TPSA) is 35.2 Å². The van der Waals surface area contributed by atoms with Crippen molar-refractivity contribution in [2.75, 3.05) is 6.54 Å². The summed E-state index contributed by atoms with van der Waals surface area (Å²) in [6, 6.07) is 10.3. The van der Waals surface area contributed by atoms with Gasteiger partial charge in [0, 0.05) is 4.47 Å². The second kappa shape index (κ2) is 6.17. The molecule has 2 N–H and O–H groups in total. The van der Waals surface area contributed by atoms with Gasteiger partial charge in [0.05, 0.1) is 0 Å². The highest BCUT2D eigenvalue weighted by Crippen LogP contribution is 2.30. The number of ether oxygens (including phenoxy) is 1. The Balaban J connectivity index is 2.32. The zero-order chi connectivity index (χ0) is 13.8. The highest BCUT2D eigenvalue weighted by atomic mass is 79.9. The van der Waals surface area contributed by atoms with Gasteiger partial charge in [-0.05, 0) is 67.4 Å². The molecule has 2 aromatic carbocycles. The van der Waals surface area contributed by atoms with Gasteiger partial charge in [-0.15, -0.1) is 0 Å². The van der Waals surface area contributed by atoms with Gasteiger partial charge in [0.2, 0.25) is 0 Å². The van der Waals surface area contributed by atoms with E-state index < -0.39 is 0 Å². The summed E-state index contributed by atoms with van der Waals surface area (Å²) in [6.07, 6.45) is 0.731. The summed E-state index contributed by atoms with van der Waals surface area (Å²) in [5.74, 6) is 1.15. The largest absolute Gasteiger partial charge is 0.457 e. The lowest BCUT2D eigenvalue weighted by Crippen LogP contribution is -2.04. The van der Waals surface area contributed by atoms with Gasteiger partial charge < -0.3 is 10.5 Å². The van der Waals surface area contributed by atoms with E-state index in [1.807, 2.05) is 25.1 Å². The van der Waals surface area contributed by atoms with Crippen LogP contribution in [0.1, 0.15) is 11.1 Å². The normalized spacial score (nSPS) is 10.5. The van der Waals surface area contributed by atoms with Crippen LogP contribution in [0.3, 0.4) is 0 Å². The van der Waals surface area contributed by atoms with Crippen molar-refractivity contribution in [3.63, 3.8) is 0 Å². The Hall–Kier alpha value is -1.39. The van der Waals surface area contributed by atoms with E-state index in [2.05, 4.69) is 15.9 Å². The molecule has 2 aromatic rings. The van der Waals surface area contributed by atoms with Gasteiger partial charge in [0.25, 0.3) is 0 Å². The minimum absolute atomic E-state index is 0.261. The number of aryl methyl sites for hydroxylation is 1. The molecule has 0 fully saturated rings. The van der Waals surface area contributed by atoms with Crippen molar-refractivity contribution in [1.82, 2.24) is 0 Å². The van der Waals surface area contributed by atoms with Gasteiger partial charge in [-0.25, -0.2) is 4.39 Å². The lowest BCUT2D eigenvalue weighted by atomic mass is 10.1. The second-order valence-electron chi connectivity index (χ2n) is 4.30. The van der Waals surface area contributed by atoms with E-state index in [9.17, 15) is 4.39 Å². The van der Waals surface area contributed by atoms with E-state index >= 15 is 0 Å². The van der Waals surface area contributed by atoms with Crippen molar-refractivity contribution in [1.29, 1.82) is 0 Å². The van der Waals surface area contributed by atoms with Crippen LogP contribution in [-0.2, 0) is 6.42 Å². The summed E-state index contributed by atoms with van der Waals surface area (Å²) >= 11 is 3.43. The Morgan fingerprint density at radius 3 is 2.58 bits per heavy atom. The highest BCUT2D eigenvalue weighted by molar-refractivity contribution is 9.10. The summed E-state index contributed by atoms with van der Waals surface area (Å²) in [7, 11) is 0. The molecule has 0 amide bonds. The molecule has 0 radical (unpaired) electrons. The maximum Gasteiger partial charge on any atom is 0.130 e. The number of nitrogens with two attached hydrogens (primary N) is 1. The summed E-state index contributed by atoms with van der Waals surface area (Å²) in [4.78, 5) is 0. The first-order valence-electron chi connectivity index (χ1n) is 6.02. The molecule has 4 heteroatoms. The maximum absolute atomic E-state index is 13.1. The molecular weight excluding hydrogens is 309 g/mol. The third-order valence-electron chi connectivity index (χ3n) is 2.79. The van der Waals surface area contributed by atoms with E-state index in [4.69, 9.17) is 10.5 Å². The third kappa shape index (κ3) is 3.55. The Labute approximate surface area is 120 Å². The van der Waals surface area contributed by atoms with Crippen molar-refractivity contribution in [3.05, 3.63) is 57.8 Å². The molecule has 0 saturated heterocycles. The van der Waals surface area contributed by atoms with E-state index in [-0.39, 0.29) is 5.82 Å². The first-order valence-corrected chi connectivity index (χ1v) is 6.82. The van der Waals surface area contributed by atoms with Crippen LogP contribution >= 0.6 is 15.9 Å². The van der Waals surface area contributed by atoms with Gasteiger partial charge >= 0.3 is 0 Å². The molecule has 0 spiro atoms. The molecule has 0 aliphatic rings. The van der Waals surface area contributed by atoms with E-state index in [1.165, 1.54) is 12.1 Å². The second-order valence-corrected chi connectivity index (χ2v) is 5.22. The molecule has 0 aromatic heterocycles. The number of hydrogen-bond donors (Lipinski definition) is 1. The fourth-order valence-corrected chi connectivity index (χ4v) is 2.25. The predicted octanol–water partition coefficient (Wildman–Crippen LogP) is 4.19. The fourth-order valence-electron chi connectivity index (χ4n) is 1.84. The number of halogens is 2. The molecule has 19 heavy (non-hydrogen) atoms. The van der Waals surface area contributed by atoms with Crippen LogP contribution in [0.2, 0.25) is 0 Å². The van der Waals surface area contributed by atoms with Crippen molar-refractivity contribution in [3.8, 4) is 11.5 Å². The molecule has 2 nitrogen and oxygen atoms in total. The molecule has 0 saturated carbocycles. The highest BCUT2D eigenvalue weighted by Gasteiger charge is 2.08. The molecule has 0 atom stereocenters. The van der Waals surface area contributed by atoms with Crippen LogP contribution in [-0.4, -0.2) is 6.54 Å². The summed E-state index contributed by atoms with van der Waals surface area (Å²) in [6.45, 7) is 2.37. The lowest BCUT2D eigenvalue weighted by molar-refractivity contribution is 0.470. The molecule has 2 rings (SSSR count). The monoisotopic (exact) mass is 323 g/mol. The average molecular weight is 324 g/mol. The predicted molar refractivity (Wildman–Crippen MR) is 78.1 cm³/mol. The fraction of sp³-hybridized carbons (Fsp3) is 0.200. The van der Waals surface area contributed by atoms with Crippen LogP contribution in [0.5, 0.6) is 11.5 Å². The van der Waals surface area contributed by atoms with Crippen molar-refractivity contribution >= 4 is 15.9 Å². The standard InChI is InChI=1S/C15H15BrFNO/c1-10-8-13(17)3-5-14(10)19-15-4-2-12(16)9-11(15)6-7-18/h2-5,8-9H,6-7,18H2,1H3. The minimum atomic E-state index is -0.261. The van der Waals surface area contributed by atoms with Crippen molar-refractivity contribution in [2.24, 2.45) is 5.73 Å². The number of benzene rings is 2. The van der Waals surface area contributed by atoms with Gasteiger partial charge in [-0.2, -0.15) is 0 Å². The molecule has 100 valence electrons. The maximum atomic E-state index is 13.1. The molecule has 0 unspecified atom stereocenters. The first kappa shape index (κ1) is 14.0. The van der Waals surface area contributed by atoms with Gasteiger partial charge in [-0.3, -0.25) is 0 Å². The van der Waals surface area contributed by atoms with E-state index in [1.54, 1.807) is 6.07 Å². The van der Waals surface area contributed by atoms with Crippen molar-refractivity contribution in [2.45, 2.75) is 13.3 Å². The van der Waals surface area contributed by atoms with Crippen LogP contribution < -0.4 is 10.5 Å². The lowest BCUT2D eigenvalue weighted by Gasteiger charge is -2.13. The Bertz CT molecular complexity index is 586. The summed E-state index contributed by atoms with van der Waals surface area (Å²) in [5, 5.41) is 0. The van der Waals surface area contributed by atoms with Crippen LogP contribution in [0.4, 0.5) is 4.39 Å². The Morgan fingerprint density at radius 1 is 1.16 bits per heavy atom. The average Bonchev–Trinajstić information content (AvgIpc) is 2.36. The van der Waals surface area contributed by atoms with Gasteiger partial charge in [0.1, 0.15) is 17.3 Å². The SMILES string of the molecule is Cc1cc(F)ccc1Oc1ccc(Br)cc1CCN. The van der Waals surface area contributed by atoms with Crippen molar-refractivity contribution < 1.29 is 9.13 Å².